The molecule has 0 aliphatic rings. The zero-order valence-electron chi connectivity index (χ0n) is 13.0. The van der Waals surface area contributed by atoms with Crippen LogP contribution in [0.25, 0.3) is 5.82 Å². The highest BCUT2D eigenvalue weighted by Crippen LogP contribution is 2.07. The van der Waals surface area contributed by atoms with E-state index in [1.807, 2.05) is 18.3 Å². The van der Waals surface area contributed by atoms with Crippen LogP contribution in [-0.2, 0) is 6.54 Å². The molecule has 0 unspecified atom stereocenters. The second-order valence-electron chi connectivity index (χ2n) is 5.82. The van der Waals surface area contributed by atoms with Gasteiger partial charge in [0.15, 0.2) is 0 Å². The molecule has 118 valence electrons. The van der Waals surface area contributed by atoms with Gasteiger partial charge in [0, 0.05) is 32.2 Å². The van der Waals surface area contributed by atoms with Crippen LogP contribution in [0.3, 0.4) is 0 Å². The fourth-order valence-corrected chi connectivity index (χ4v) is 2.07. The Labute approximate surface area is 129 Å². The van der Waals surface area contributed by atoms with E-state index in [1.54, 1.807) is 44.2 Å². The monoisotopic (exact) mass is 303 g/mol. The van der Waals surface area contributed by atoms with Crippen molar-refractivity contribution >= 4 is 6.03 Å². The summed E-state index contributed by atoms with van der Waals surface area (Å²) >= 11 is 0. The Balaban J connectivity index is 1.94. The number of pyridine rings is 1. The number of aliphatic hydroxyl groups is 1. The molecule has 2 rings (SSSR count). The van der Waals surface area contributed by atoms with Gasteiger partial charge in [0.25, 0.3) is 0 Å². The minimum atomic E-state index is -0.919. The Morgan fingerprint density at radius 3 is 2.86 bits per heavy atom. The van der Waals surface area contributed by atoms with Crippen LogP contribution in [0.2, 0.25) is 0 Å². The van der Waals surface area contributed by atoms with Gasteiger partial charge in [0.2, 0.25) is 0 Å². The lowest BCUT2D eigenvalue weighted by Gasteiger charge is -2.25. The molecule has 0 radical (unpaired) electrons. The van der Waals surface area contributed by atoms with Crippen LogP contribution in [0.1, 0.15) is 19.4 Å². The van der Waals surface area contributed by atoms with Gasteiger partial charge in [-0.2, -0.15) is 0 Å². The molecule has 7 nitrogen and oxygen atoms in total. The van der Waals surface area contributed by atoms with Gasteiger partial charge in [-0.1, -0.05) is 0 Å². The first-order valence-electron chi connectivity index (χ1n) is 7.00. The van der Waals surface area contributed by atoms with Gasteiger partial charge < -0.3 is 15.3 Å². The predicted octanol–water partition coefficient (Wildman–Crippen LogP) is 1.18. The van der Waals surface area contributed by atoms with Crippen LogP contribution in [-0.4, -0.2) is 49.8 Å². The number of carbonyl (C=O) groups is 1. The van der Waals surface area contributed by atoms with E-state index < -0.39 is 5.60 Å². The normalized spacial score (nSPS) is 11.3. The summed E-state index contributed by atoms with van der Waals surface area (Å²) in [6, 6.07) is 3.50. The summed E-state index contributed by atoms with van der Waals surface area (Å²) in [4.78, 5) is 21.7. The molecule has 2 amide bonds. The molecule has 0 aromatic carbocycles. The minimum absolute atomic E-state index is 0.233. The summed E-state index contributed by atoms with van der Waals surface area (Å²) in [5.41, 5.74) is 0.0147. The molecule has 22 heavy (non-hydrogen) atoms. The number of carbonyl (C=O) groups excluding carboxylic acids is 1. The van der Waals surface area contributed by atoms with Gasteiger partial charge in [-0.3, -0.25) is 4.57 Å². The van der Waals surface area contributed by atoms with Gasteiger partial charge in [0.1, 0.15) is 12.1 Å². The first-order chi connectivity index (χ1) is 10.3. The summed E-state index contributed by atoms with van der Waals surface area (Å²) in [5.74, 6) is 0.745. The van der Waals surface area contributed by atoms with Crippen molar-refractivity contribution < 1.29 is 9.90 Å². The number of hydrogen-bond donors (Lipinski definition) is 2. The molecule has 0 saturated carbocycles. The quantitative estimate of drug-likeness (QED) is 0.869. The smallest absolute Gasteiger partial charge is 0.317 e. The van der Waals surface area contributed by atoms with Crippen molar-refractivity contribution in [3.63, 3.8) is 0 Å². The third-order valence-corrected chi connectivity index (χ3v) is 2.99. The maximum Gasteiger partial charge on any atom is 0.317 e. The highest BCUT2D eigenvalue weighted by atomic mass is 16.3. The second-order valence-corrected chi connectivity index (χ2v) is 5.82. The average molecular weight is 303 g/mol. The van der Waals surface area contributed by atoms with Gasteiger partial charge in [-0.05, 0) is 31.5 Å². The van der Waals surface area contributed by atoms with Crippen molar-refractivity contribution in [3.05, 3.63) is 42.6 Å². The minimum Gasteiger partial charge on any atom is -0.389 e. The molecule has 0 aliphatic heterocycles. The Hall–Kier alpha value is -2.41. The molecule has 2 N–H and O–H groups in total. The third kappa shape index (κ3) is 4.56. The fourth-order valence-electron chi connectivity index (χ4n) is 2.07. The second kappa shape index (κ2) is 6.57. The van der Waals surface area contributed by atoms with Crippen molar-refractivity contribution in [2.75, 3.05) is 13.6 Å². The first kappa shape index (κ1) is 16.0. The summed E-state index contributed by atoms with van der Waals surface area (Å²) < 4.78 is 1.80. The molecule has 0 spiro atoms. The molecule has 0 fully saturated rings. The number of nitrogens with one attached hydrogen (secondary N) is 1. The first-order valence-corrected chi connectivity index (χ1v) is 7.00. The summed E-state index contributed by atoms with van der Waals surface area (Å²) in [7, 11) is 1.65. The maximum atomic E-state index is 12.0. The number of likely N-dealkylation sites (N-methyl/N-ethyl adjacent to an activating group) is 1. The Kier molecular flexibility index (Phi) is 4.77. The Morgan fingerprint density at radius 1 is 1.45 bits per heavy atom. The van der Waals surface area contributed by atoms with E-state index in [1.165, 1.54) is 4.90 Å². The highest BCUT2D eigenvalue weighted by Gasteiger charge is 2.19. The van der Waals surface area contributed by atoms with E-state index in [2.05, 4.69) is 15.3 Å². The number of hydrogen-bond acceptors (Lipinski definition) is 4. The third-order valence-electron chi connectivity index (χ3n) is 2.99. The largest absolute Gasteiger partial charge is 0.389 e. The number of aromatic nitrogens is 3. The Morgan fingerprint density at radius 2 is 2.23 bits per heavy atom. The summed E-state index contributed by atoms with van der Waals surface area (Å²) in [6.45, 7) is 3.97. The summed E-state index contributed by atoms with van der Waals surface area (Å²) in [5, 5.41) is 12.5. The number of nitrogens with zero attached hydrogens (tertiary/aromatic N) is 4. The van der Waals surface area contributed by atoms with Crippen molar-refractivity contribution in [3.8, 4) is 5.82 Å². The number of imidazole rings is 1. The zero-order chi connectivity index (χ0) is 16.2. The number of amides is 2. The Bertz CT molecular complexity index is 619. The molecule has 0 aliphatic carbocycles. The molecule has 7 heteroatoms. The lowest BCUT2D eigenvalue weighted by atomic mass is 10.1. The molecular weight excluding hydrogens is 282 g/mol. The van der Waals surface area contributed by atoms with Crippen LogP contribution in [0.15, 0.2) is 37.1 Å². The average Bonchev–Trinajstić information content (AvgIpc) is 2.97. The van der Waals surface area contributed by atoms with Crippen LogP contribution in [0.4, 0.5) is 4.79 Å². The molecule has 2 aromatic heterocycles. The lowest BCUT2D eigenvalue weighted by molar-refractivity contribution is 0.0531. The molecule has 2 heterocycles. The van der Waals surface area contributed by atoms with E-state index in [-0.39, 0.29) is 12.6 Å². The predicted molar refractivity (Wildman–Crippen MR) is 82.5 cm³/mol. The van der Waals surface area contributed by atoms with E-state index >= 15 is 0 Å². The SMILES string of the molecule is CN(CC(C)(C)O)C(=O)NCc1ccnc(-n2ccnc2)c1. The van der Waals surface area contributed by atoms with Crippen LogP contribution >= 0.6 is 0 Å². The molecular formula is C15H21N5O2. The van der Waals surface area contributed by atoms with Crippen LogP contribution in [0.5, 0.6) is 0 Å². The summed E-state index contributed by atoms with van der Waals surface area (Å²) in [6.07, 6.45) is 6.85. The van der Waals surface area contributed by atoms with Gasteiger partial charge in [-0.15, -0.1) is 0 Å². The molecule has 0 saturated heterocycles. The van der Waals surface area contributed by atoms with E-state index in [4.69, 9.17) is 0 Å². The topological polar surface area (TPSA) is 83.3 Å². The molecule has 0 bridgehead atoms. The number of rotatable bonds is 5. The van der Waals surface area contributed by atoms with Gasteiger partial charge in [-0.25, -0.2) is 14.8 Å². The standard InChI is InChI=1S/C15H21N5O2/c1-15(2,22)10-19(3)14(21)18-9-12-4-5-17-13(8-12)20-7-6-16-11-20/h4-8,11,22H,9-10H2,1-3H3,(H,18,21). The van der Waals surface area contributed by atoms with Gasteiger partial charge in [0.05, 0.1) is 12.1 Å². The zero-order valence-corrected chi connectivity index (χ0v) is 13.0. The van der Waals surface area contributed by atoms with E-state index in [0.29, 0.717) is 6.54 Å². The van der Waals surface area contributed by atoms with Crippen molar-refractivity contribution in [2.24, 2.45) is 0 Å². The van der Waals surface area contributed by atoms with Gasteiger partial charge >= 0.3 is 6.03 Å². The highest BCUT2D eigenvalue weighted by molar-refractivity contribution is 5.73. The van der Waals surface area contributed by atoms with Crippen molar-refractivity contribution in [1.29, 1.82) is 0 Å². The fraction of sp³-hybridized carbons (Fsp3) is 0.400. The van der Waals surface area contributed by atoms with Crippen LogP contribution in [0, 0.1) is 0 Å². The maximum absolute atomic E-state index is 12.0. The van der Waals surface area contributed by atoms with E-state index in [9.17, 15) is 9.90 Å². The van der Waals surface area contributed by atoms with E-state index in [0.717, 1.165) is 11.4 Å². The van der Waals surface area contributed by atoms with Crippen molar-refractivity contribution in [2.45, 2.75) is 26.0 Å². The molecule has 2 aromatic rings. The van der Waals surface area contributed by atoms with Crippen molar-refractivity contribution in [1.82, 2.24) is 24.8 Å². The molecule has 0 atom stereocenters. The number of urea groups is 1. The van der Waals surface area contributed by atoms with Crippen LogP contribution < -0.4 is 5.32 Å². The lowest BCUT2D eigenvalue weighted by Crippen LogP contribution is -2.44.